The zero-order valence-electron chi connectivity index (χ0n) is 9.25. The van der Waals surface area contributed by atoms with Crippen LogP contribution in [-0.4, -0.2) is 36.8 Å². The Morgan fingerprint density at radius 2 is 2.06 bits per heavy atom. The molecule has 0 N–H and O–H groups in total. The number of nitrogens with zero attached hydrogens (tertiary/aromatic N) is 3. The van der Waals surface area contributed by atoms with Gasteiger partial charge in [-0.15, -0.1) is 0 Å². The lowest BCUT2D eigenvalue weighted by molar-refractivity contribution is -0.119. The Labute approximate surface area is 101 Å². The number of ether oxygens (including phenoxy) is 1. The van der Waals surface area contributed by atoms with E-state index < -0.39 is 12.7 Å². The Kier molecular flexibility index (Phi) is 4.53. The molecule has 1 aromatic rings. The van der Waals surface area contributed by atoms with Crippen molar-refractivity contribution >= 4 is 17.4 Å². The summed E-state index contributed by atoms with van der Waals surface area (Å²) in [6.45, 7) is -1.01. The predicted octanol–water partition coefficient (Wildman–Crippen LogP) is 2.27. The molecule has 0 aliphatic heterocycles. The van der Waals surface area contributed by atoms with E-state index in [0.717, 1.165) is 4.90 Å². The van der Waals surface area contributed by atoms with E-state index >= 15 is 0 Å². The van der Waals surface area contributed by atoms with Gasteiger partial charge in [-0.2, -0.15) is 13.2 Å². The molecule has 0 radical (unpaired) electrons. The third-order valence-electron chi connectivity index (χ3n) is 1.81. The van der Waals surface area contributed by atoms with Gasteiger partial charge in [-0.05, 0) is 0 Å². The average Bonchev–Trinajstić information content (AvgIpc) is 2.14. The molecule has 0 saturated heterocycles. The summed E-state index contributed by atoms with van der Waals surface area (Å²) in [5, 5.41) is 0.0797. The van der Waals surface area contributed by atoms with Crippen molar-refractivity contribution in [2.45, 2.75) is 12.8 Å². The molecule has 0 fully saturated rings. The topological polar surface area (TPSA) is 38.2 Å². The lowest BCUT2D eigenvalue weighted by Crippen LogP contribution is -2.31. The van der Waals surface area contributed by atoms with E-state index in [-0.39, 0.29) is 23.4 Å². The van der Waals surface area contributed by atoms with Crippen molar-refractivity contribution in [3.05, 3.63) is 17.0 Å². The Hall–Kier alpha value is -1.08. The maximum absolute atomic E-state index is 12.2. The van der Waals surface area contributed by atoms with Crippen LogP contribution in [-0.2, 0) is 11.3 Å². The van der Waals surface area contributed by atoms with Gasteiger partial charge in [-0.3, -0.25) is 0 Å². The smallest absolute Gasteiger partial charge is 0.377 e. The van der Waals surface area contributed by atoms with Gasteiger partial charge >= 0.3 is 6.18 Å². The lowest BCUT2D eigenvalue weighted by Gasteiger charge is -2.20. The van der Waals surface area contributed by atoms with E-state index in [2.05, 4.69) is 9.97 Å². The van der Waals surface area contributed by atoms with Gasteiger partial charge in [0.15, 0.2) is 5.82 Å². The first kappa shape index (κ1) is 14.0. The Balaban J connectivity index is 2.89. The third kappa shape index (κ3) is 4.74. The summed E-state index contributed by atoms with van der Waals surface area (Å²) >= 11 is 5.69. The van der Waals surface area contributed by atoms with E-state index in [1.165, 1.54) is 20.2 Å². The second-order valence-corrected chi connectivity index (χ2v) is 3.76. The maximum Gasteiger partial charge on any atom is 0.405 e. The van der Waals surface area contributed by atoms with Gasteiger partial charge in [0.2, 0.25) is 0 Å². The second-order valence-electron chi connectivity index (χ2n) is 3.37. The fourth-order valence-electron chi connectivity index (χ4n) is 1.19. The van der Waals surface area contributed by atoms with Crippen LogP contribution in [0.25, 0.3) is 0 Å². The van der Waals surface area contributed by atoms with Crippen molar-refractivity contribution in [1.29, 1.82) is 0 Å². The van der Waals surface area contributed by atoms with Crippen molar-refractivity contribution in [2.75, 3.05) is 25.6 Å². The monoisotopic (exact) mass is 269 g/mol. The maximum atomic E-state index is 12.2. The molecule has 1 heterocycles. The zero-order chi connectivity index (χ0) is 13.1. The highest BCUT2D eigenvalue weighted by atomic mass is 35.5. The normalized spacial score (nSPS) is 11.6. The summed E-state index contributed by atoms with van der Waals surface area (Å²) in [4.78, 5) is 8.69. The van der Waals surface area contributed by atoms with Gasteiger partial charge < -0.3 is 9.64 Å². The third-order valence-corrected chi connectivity index (χ3v) is 2.00. The molecule has 0 aliphatic rings. The van der Waals surface area contributed by atoms with Crippen molar-refractivity contribution in [1.82, 2.24) is 9.97 Å². The molecule has 0 atom stereocenters. The van der Waals surface area contributed by atoms with Crippen LogP contribution < -0.4 is 4.90 Å². The fraction of sp³-hybridized carbons (Fsp3) is 0.556. The molecule has 4 nitrogen and oxygen atoms in total. The van der Waals surface area contributed by atoms with E-state index in [1.807, 2.05) is 0 Å². The number of alkyl halides is 3. The quantitative estimate of drug-likeness (QED) is 0.786. The van der Waals surface area contributed by atoms with Crippen LogP contribution in [0.3, 0.4) is 0 Å². The first-order chi connectivity index (χ1) is 7.81. The summed E-state index contributed by atoms with van der Waals surface area (Å²) in [5.41, 5.74) is 0. The highest BCUT2D eigenvalue weighted by Gasteiger charge is 2.30. The Morgan fingerprint density at radius 3 is 2.59 bits per heavy atom. The van der Waals surface area contributed by atoms with Crippen LogP contribution in [0.2, 0.25) is 5.15 Å². The first-order valence-electron chi connectivity index (χ1n) is 4.62. The highest BCUT2D eigenvalue weighted by molar-refractivity contribution is 6.29. The number of hydrogen-bond donors (Lipinski definition) is 0. The van der Waals surface area contributed by atoms with E-state index in [1.54, 1.807) is 0 Å². The molecule has 0 saturated carbocycles. The van der Waals surface area contributed by atoms with Crippen LogP contribution in [0.15, 0.2) is 6.07 Å². The van der Waals surface area contributed by atoms with Crippen LogP contribution in [0.4, 0.5) is 19.0 Å². The van der Waals surface area contributed by atoms with Gasteiger partial charge in [-0.1, -0.05) is 11.6 Å². The average molecular weight is 270 g/mol. The van der Waals surface area contributed by atoms with Gasteiger partial charge in [0.05, 0.1) is 0 Å². The molecule has 0 aliphatic carbocycles. The van der Waals surface area contributed by atoms with Crippen LogP contribution in [0.5, 0.6) is 0 Å². The van der Waals surface area contributed by atoms with E-state index in [9.17, 15) is 13.2 Å². The number of halogens is 4. The number of hydrogen-bond acceptors (Lipinski definition) is 4. The fourth-order valence-corrected chi connectivity index (χ4v) is 1.39. The predicted molar refractivity (Wildman–Crippen MR) is 57.1 cm³/mol. The van der Waals surface area contributed by atoms with E-state index in [4.69, 9.17) is 16.3 Å². The molecule has 0 amide bonds. The van der Waals surface area contributed by atoms with Crippen LogP contribution >= 0.6 is 11.6 Å². The van der Waals surface area contributed by atoms with Gasteiger partial charge in [-0.25, -0.2) is 9.97 Å². The molecule has 96 valence electrons. The number of methoxy groups -OCH3 is 1. The molecule has 17 heavy (non-hydrogen) atoms. The Morgan fingerprint density at radius 1 is 1.41 bits per heavy atom. The zero-order valence-corrected chi connectivity index (χ0v) is 10.0. The molecular weight excluding hydrogens is 259 g/mol. The number of anilines is 1. The van der Waals surface area contributed by atoms with Crippen LogP contribution in [0.1, 0.15) is 5.82 Å². The number of rotatable bonds is 4. The number of aromatic nitrogens is 2. The minimum atomic E-state index is -4.30. The molecule has 1 rings (SSSR count). The van der Waals surface area contributed by atoms with Crippen LogP contribution in [0, 0.1) is 0 Å². The summed E-state index contributed by atoms with van der Waals surface area (Å²) in [5.74, 6) is 0.346. The highest BCUT2D eigenvalue weighted by Crippen LogP contribution is 2.21. The van der Waals surface area contributed by atoms with Crippen molar-refractivity contribution < 1.29 is 17.9 Å². The van der Waals surface area contributed by atoms with E-state index in [0.29, 0.717) is 0 Å². The summed E-state index contributed by atoms with van der Waals surface area (Å²) in [7, 11) is 2.71. The minimum absolute atomic E-state index is 0.0797. The summed E-state index contributed by atoms with van der Waals surface area (Å²) in [6, 6.07) is 1.27. The minimum Gasteiger partial charge on any atom is -0.377 e. The summed E-state index contributed by atoms with van der Waals surface area (Å²) in [6.07, 6.45) is -4.30. The van der Waals surface area contributed by atoms with Gasteiger partial charge in [0.1, 0.15) is 24.1 Å². The molecule has 0 unspecified atom stereocenters. The van der Waals surface area contributed by atoms with Gasteiger partial charge in [0, 0.05) is 20.2 Å². The molecule has 1 aromatic heterocycles. The van der Waals surface area contributed by atoms with Crippen molar-refractivity contribution in [3.63, 3.8) is 0 Å². The lowest BCUT2D eigenvalue weighted by atomic mass is 10.4. The van der Waals surface area contributed by atoms with Crippen molar-refractivity contribution in [2.24, 2.45) is 0 Å². The SMILES string of the molecule is COCc1nc(Cl)cc(N(C)CC(F)(F)F)n1. The second kappa shape index (κ2) is 5.50. The molecular formula is C9H11ClF3N3O. The van der Waals surface area contributed by atoms with Gasteiger partial charge in [0.25, 0.3) is 0 Å². The first-order valence-corrected chi connectivity index (χ1v) is 5.00. The largest absolute Gasteiger partial charge is 0.405 e. The summed E-state index contributed by atoms with van der Waals surface area (Å²) < 4.78 is 41.4. The molecule has 0 spiro atoms. The van der Waals surface area contributed by atoms with Crippen molar-refractivity contribution in [3.8, 4) is 0 Å². The Bertz CT molecular complexity index is 386. The molecule has 8 heteroatoms. The molecule has 0 aromatic carbocycles. The standard InChI is InChI=1S/C9H11ClF3N3O/c1-16(5-9(11,12)13)8-3-6(10)14-7(15-8)4-17-2/h3H,4-5H2,1-2H3. The molecule has 0 bridgehead atoms.